The minimum atomic E-state index is -2.41. The van der Waals surface area contributed by atoms with Gasteiger partial charge in [-0.1, -0.05) is 22.0 Å². The first-order valence-electron chi connectivity index (χ1n) is 4.41. The SMILES string of the molecule is NCCCc1cc(Br)ccc1C(F)F. The summed E-state index contributed by atoms with van der Waals surface area (Å²) in [5.41, 5.74) is 6.13. The molecule has 0 atom stereocenters. The van der Waals surface area contributed by atoms with Gasteiger partial charge < -0.3 is 5.73 Å². The molecule has 0 radical (unpaired) electrons. The standard InChI is InChI=1S/C10H12BrF2N/c11-8-3-4-9(10(12)13)7(6-8)2-1-5-14/h3-4,6,10H,1-2,5,14H2. The summed E-state index contributed by atoms with van der Waals surface area (Å²) in [6, 6.07) is 4.82. The molecule has 0 aliphatic rings. The molecule has 0 spiro atoms. The third-order valence-electron chi connectivity index (χ3n) is 1.99. The monoisotopic (exact) mass is 263 g/mol. The van der Waals surface area contributed by atoms with E-state index in [4.69, 9.17) is 5.73 Å². The molecule has 1 aromatic rings. The fourth-order valence-corrected chi connectivity index (χ4v) is 1.70. The molecule has 2 N–H and O–H groups in total. The zero-order valence-corrected chi connectivity index (χ0v) is 9.23. The highest BCUT2D eigenvalue weighted by Crippen LogP contribution is 2.26. The van der Waals surface area contributed by atoms with E-state index in [1.54, 1.807) is 12.1 Å². The van der Waals surface area contributed by atoms with E-state index < -0.39 is 6.43 Å². The Kier molecular flexibility index (Phi) is 4.48. The van der Waals surface area contributed by atoms with Crippen molar-refractivity contribution in [3.05, 3.63) is 33.8 Å². The molecule has 14 heavy (non-hydrogen) atoms. The van der Waals surface area contributed by atoms with Gasteiger partial charge in [-0.05, 0) is 37.1 Å². The van der Waals surface area contributed by atoms with Crippen molar-refractivity contribution in [2.75, 3.05) is 6.54 Å². The molecule has 0 amide bonds. The Morgan fingerprint density at radius 3 is 2.64 bits per heavy atom. The van der Waals surface area contributed by atoms with E-state index in [-0.39, 0.29) is 5.56 Å². The van der Waals surface area contributed by atoms with Crippen molar-refractivity contribution in [1.29, 1.82) is 0 Å². The lowest BCUT2D eigenvalue weighted by atomic mass is 10.0. The highest BCUT2D eigenvalue weighted by atomic mass is 79.9. The largest absolute Gasteiger partial charge is 0.330 e. The Hall–Kier alpha value is -0.480. The van der Waals surface area contributed by atoms with E-state index in [2.05, 4.69) is 15.9 Å². The van der Waals surface area contributed by atoms with Gasteiger partial charge >= 0.3 is 0 Å². The van der Waals surface area contributed by atoms with Gasteiger partial charge in [-0.25, -0.2) is 8.78 Å². The maximum atomic E-state index is 12.5. The van der Waals surface area contributed by atoms with Gasteiger partial charge in [0.25, 0.3) is 6.43 Å². The van der Waals surface area contributed by atoms with E-state index in [1.165, 1.54) is 6.07 Å². The van der Waals surface area contributed by atoms with E-state index >= 15 is 0 Å². The number of hydrogen-bond acceptors (Lipinski definition) is 1. The van der Waals surface area contributed by atoms with Crippen molar-refractivity contribution in [2.45, 2.75) is 19.3 Å². The second-order valence-electron chi connectivity index (χ2n) is 3.04. The van der Waals surface area contributed by atoms with E-state index in [0.717, 1.165) is 10.9 Å². The number of benzene rings is 1. The molecule has 1 nitrogen and oxygen atoms in total. The van der Waals surface area contributed by atoms with Crippen molar-refractivity contribution in [3.8, 4) is 0 Å². The molecular weight excluding hydrogens is 252 g/mol. The summed E-state index contributed by atoms with van der Waals surface area (Å²) < 4.78 is 25.9. The Balaban J connectivity index is 2.91. The van der Waals surface area contributed by atoms with Crippen LogP contribution in [-0.4, -0.2) is 6.54 Å². The van der Waals surface area contributed by atoms with Crippen LogP contribution in [0.3, 0.4) is 0 Å². The van der Waals surface area contributed by atoms with Gasteiger partial charge in [0, 0.05) is 10.0 Å². The van der Waals surface area contributed by atoms with Gasteiger partial charge in [-0.15, -0.1) is 0 Å². The molecule has 0 aliphatic heterocycles. The molecular formula is C10H12BrF2N. The molecule has 0 heterocycles. The lowest BCUT2D eigenvalue weighted by molar-refractivity contribution is 0.150. The van der Waals surface area contributed by atoms with Crippen LogP contribution < -0.4 is 5.73 Å². The quantitative estimate of drug-likeness (QED) is 0.887. The summed E-state index contributed by atoms with van der Waals surface area (Å²) >= 11 is 3.26. The maximum absolute atomic E-state index is 12.5. The number of nitrogens with two attached hydrogens (primary N) is 1. The van der Waals surface area contributed by atoms with Crippen molar-refractivity contribution in [2.24, 2.45) is 5.73 Å². The molecule has 0 aliphatic carbocycles. The molecule has 1 rings (SSSR count). The van der Waals surface area contributed by atoms with E-state index in [0.29, 0.717) is 18.5 Å². The molecule has 0 fully saturated rings. The van der Waals surface area contributed by atoms with Gasteiger partial charge in [0.1, 0.15) is 0 Å². The van der Waals surface area contributed by atoms with Crippen LogP contribution in [0.4, 0.5) is 8.78 Å². The van der Waals surface area contributed by atoms with Crippen LogP contribution in [0.25, 0.3) is 0 Å². The second-order valence-corrected chi connectivity index (χ2v) is 3.95. The molecule has 0 unspecified atom stereocenters. The predicted octanol–water partition coefficient (Wildman–Crippen LogP) is 3.28. The zero-order chi connectivity index (χ0) is 10.6. The third kappa shape index (κ3) is 3.03. The van der Waals surface area contributed by atoms with Crippen molar-refractivity contribution in [1.82, 2.24) is 0 Å². The van der Waals surface area contributed by atoms with Crippen molar-refractivity contribution < 1.29 is 8.78 Å². The van der Waals surface area contributed by atoms with Crippen LogP contribution in [0, 0.1) is 0 Å². The minimum Gasteiger partial charge on any atom is -0.330 e. The Morgan fingerprint density at radius 2 is 2.07 bits per heavy atom. The van der Waals surface area contributed by atoms with Crippen LogP contribution in [0.5, 0.6) is 0 Å². The predicted molar refractivity (Wildman–Crippen MR) is 56.5 cm³/mol. The molecule has 0 saturated carbocycles. The smallest absolute Gasteiger partial charge is 0.264 e. The van der Waals surface area contributed by atoms with Gasteiger partial charge in [0.15, 0.2) is 0 Å². The zero-order valence-electron chi connectivity index (χ0n) is 7.64. The summed E-state index contributed by atoms with van der Waals surface area (Å²) in [5, 5.41) is 0. The maximum Gasteiger partial charge on any atom is 0.264 e. The average Bonchev–Trinajstić information content (AvgIpc) is 2.14. The van der Waals surface area contributed by atoms with Crippen molar-refractivity contribution in [3.63, 3.8) is 0 Å². The van der Waals surface area contributed by atoms with Gasteiger partial charge in [-0.2, -0.15) is 0 Å². The van der Waals surface area contributed by atoms with E-state index in [9.17, 15) is 8.78 Å². The number of alkyl halides is 2. The van der Waals surface area contributed by atoms with Crippen LogP contribution in [-0.2, 0) is 6.42 Å². The van der Waals surface area contributed by atoms with E-state index in [1.807, 2.05) is 0 Å². The topological polar surface area (TPSA) is 26.0 Å². The fourth-order valence-electron chi connectivity index (χ4n) is 1.30. The summed E-state index contributed by atoms with van der Waals surface area (Å²) in [6.45, 7) is 0.523. The van der Waals surface area contributed by atoms with Crippen LogP contribution in [0.15, 0.2) is 22.7 Å². The number of hydrogen-bond donors (Lipinski definition) is 1. The highest BCUT2D eigenvalue weighted by Gasteiger charge is 2.12. The van der Waals surface area contributed by atoms with Gasteiger partial charge in [0.2, 0.25) is 0 Å². The molecule has 0 bridgehead atoms. The Morgan fingerprint density at radius 1 is 1.36 bits per heavy atom. The van der Waals surface area contributed by atoms with Crippen LogP contribution >= 0.6 is 15.9 Å². The first-order valence-corrected chi connectivity index (χ1v) is 5.21. The lowest BCUT2D eigenvalue weighted by Crippen LogP contribution is -2.02. The average molecular weight is 264 g/mol. The van der Waals surface area contributed by atoms with Crippen LogP contribution in [0.1, 0.15) is 24.0 Å². The number of rotatable bonds is 4. The highest BCUT2D eigenvalue weighted by molar-refractivity contribution is 9.10. The first-order chi connectivity index (χ1) is 6.65. The first kappa shape index (κ1) is 11.6. The van der Waals surface area contributed by atoms with Gasteiger partial charge in [-0.3, -0.25) is 0 Å². The molecule has 0 aromatic heterocycles. The summed E-state index contributed by atoms with van der Waals surface area (Å²) in [6.07, 6.45) is -1.07. The normalized spacial score (nSPS) is 10.9. The molecule has 0 saturated heterocycles. The molecule has 1 aromatic carbocycles. The fraction of sp³-hybridized carbons (Fsp3) is 0.400. The third-order valence-corrected chi connectivity index (χ3v) is 2.48. The summed E-state index contributed by atoms with van der Waals surface area (Å²) in [4.78, 5) is 0. The minimum absolute atomic E-state index is 0.113. The molecule has 4 heteroatoms. The number of aryl methyl sites for hydroxylation is 1. The molecule has 78 valence electrons. The van der Waals surface area contributed by atoms with Crippen LogP contribution in [0.2, 0.25) is 0 Å². The number of halogens is 3. The Bertz CT molecular complexity index is 302. The Labute approximate surface area is 90.4 Å². The second kappa shape index (κ2) is 5.41. The summed E-state index contributed by atoms with van der Waals surface area (Å²) in [7, 11) is 0. The van der Waals surface area contributed by atoms with Gasteiger partial charge in [0.05, 0.1) is 0 Å². The summed E-state index contributed by atoms with van der Waals surface area (Å²) in [5.74, 6) is 0. The van der Waals surface area contributed by atoms with Crippen molar-refractivity contribution >= 4 is 15.9 Å². The lowest BCUT2D eigenvalue weighted by Gasteiger charge is -2.08.